The number of rotatable bonds is 5. The van der Waals surface area contributed by atoms with E-state index in [1.54, 1.807) is 4.90 Å². The van der Waals surface area contributed by atoms with Gasteiger partial charge >= 0.3 is 12.2 Å². The van der Waals surface area contributed by atoms with Gasteiger partial charge in [-0.3, -0.25) is 9.69 Å². The van der Waals surface area contributed by atoms with Gasteiger partial charge < -0.3 is 15.1 Å². The number of amides is 3. The third-order valence-electron chi connectivity index (χ3n) is 5.91. The second kappa shape index (κ2) is 10.8. The minimum absolute atomic E-state index is 0.119. The molecule has 2 fully saturated rings. The van der Waals surface area contributed by atoms with Gasteiger partial charge in [0.1, 0.15) is 6.42 Å². The van der Waals surface area contributed by atoms with E-state index >= 15 is 0 Å². The number of nitrogens with zero attached hydrogens (tertiary/aromatic N) is 3. The Bertz CT molecular complexity index is 741. The van der Waals surface area contributed by atoms with Crippen LogP contribution < -0.4 is 5.32 Å². The lowest BCUT2D eigenvalue weighted by molar-refractivity contribution is -0.162. The van der Waals surface area contributed by atoms with Crippen LogP contribution >= 0.6 is 0 Å². The second-order valence-electron chi connectivity index (χ2n) is 8.28. The van der Waals surface area contributed by atoms with Crippen LogP contribution in [0.15, 0.2) is 24.3 Å². The van der Waals surface area contributed by atoms with E-state index in [9.17, 15) is 22.8 Å². The summed E-state index contributed by atoms with van der Waals surface area (Å²) in [4.78, 5) is 29.4. The molecule has 172 valence electrons. The minimum atomic E-state index is -4.51. The first kappa shape index (κ1) is 23.4. The molecule has 0 atom stereocenters. The first-order valence-corrected chi connectivity index (χ1v) is 11.0. The summed E-state index contributed by atoms with van der Waals surface area (Å²) in [7, 11) is 0. The highest BCUT2D eigenvalue weighted by Crippen LogP contribution is 2.21. The van der Waals surface area contributed by atoms with E-state index in [1.807, 2.05) is 18.2 Å². The number of likely N-dealkylation sites (tertiary alicyclic amines) is 1. The maximum Gasteiger partial charge on any atom is 0.397 e. The molecule has 0 unspecified atom stereocenters. The van der Waals surface area contributed by atoms with Crippen LogP contribution in [0, 0.1) is 0 Å². The summed E-state index contributed by atoms with van der Waals surface area (Å²) in [6.07, 6.45) is -0.960. The minimum Gasteiger partial charge on any atom is -0.339 e. The summed E-state index contributed by atoms with van der Waals surface area (Å²) in [5.74, 6) is -0.935. The lowest BCUT2D eigenvalue weighted by Gasteiger charge is -2.35. The second-order valence-corrected chi connectivity index (χ2v) is 8.28. The Morgan fingerprint density at radius 3 is 2.03 bits per heavy atom. The maximum atomic E-state index is 12.5. The van der Waals surface area contributed by atoms with Gasteiger partial charge in [-0.15, -0.1) is 0 Å². The summed E-state index contributed by atoms with van der Waals surface area (Å²) in [5, 5.41) is 2.93. The fourth-order valence-corrected chi connectivity index (χ4v) is 4.14. The van der Waals surface area contributed by atoms with E-state index in [0.717, 1.165) is 25.2 Å². The van der Waals surface area contributed by atoms with Crippen molar-refractivity contribution < 1.29 is 22.8 Å². The van der Waals surface area contributed by atoms with Gasteiger partial charge in [-0.25, -0.2) is 4.79 Å². The Kier molecular flexibility index (Phi) is 8.17. The quantitative estimate of drug-likeness (QED) is 0.764. The smallest absolute Gasteiger partial charge is 0.339 e. The Morgan fingerprint density at radius 2 is 1.42 bits per heavy atom. The van der Waals surface area contributed by atoms with E-state index in [2.05, 4.69) is 16.3 Å². The third kappa shape index (κ3) is 7.41. The number of halogens is 3. The fourth-order valence-electron chi connectivity index (χ4n) is 4.14. The molecular weight excluding hydrogens is 409 g/mol. The van der Waals surface area contributed by atoms with Gasteiger partial charge in [0, 0.05) is 39.3 Å². The average Bonchev–Trinajstić information content (AvgIpc) is 3.00. The molecule has 0 aliphatic carbocycles. The predicted molar refractivity (Wildman–Crippen MR) is 111 cm³/mol. The first-order chi connectivity index (χ1) is 14.8. The van der Waals surface area contributed by atoms with Crippen molar-refractivity contribution in [3.63, 3.8) is 0 Å². The monoisotopic (exact) mass is 440 g/mol. The number of carbonyl (C=O) groups is 2. The number of benzene rings is 1. The molecule has 9 heteroatoms. The van der Waals surface area contributed by atoms with Gasteiger partial charge in [-0.05, 0) is 37.1 Å². The zero-order valence-corrected chi connectivity index (χ0v) is 17.8. The van der Waals surface area contributed by atoms with Gasteiger partial charge in [0.2, 0.25) is 5.91 Å². The Labute approximate surface area is 181 Å². The van der Waals surface area contributed by atoms with Crippen LogP contribution in [0.1, 0.15) is 43.2 Å². The van der Waals surface area contributed by atoms with Crippen molar-refractivity contribution in [1.82, 2.24) is 20.0 Å². The standard InChI is InChI=1S/C22H31F3N4O2/c23-22(24,25)15-20(30)28-11-13-29(14-12-28)21(31)26-16-18-7-3-4-8-19(18)17-27-9-5-1-2-6-10-27/h3-4,7-8H,1-2,5-6,9-17H2,(H,26,31). The zero-order chi connectivity index (χ0) is 22.3. The van der Waals surface area contributed by atoms with Crippen LogP contribution in [0.2, 0.25) is 0 Å². The molecule has 0 spiro atoms. The molecule has 31 heavy (non-hydrogen) atoms. The highest BCUT2D eigenvalue weighted by atomic mass is 19.4. The van der Waals surface area contributed by atoms with Crippen LogP contribution in [0.25, 0.3) is 0 Å². The molecule has 0 aromatic heterocycles. The third-order valence-corrected chi connectivity index (χ3v) is 5.91. The van der Waals surface area contributed by atoms with Gasteiger partial charge in [-0.1, -0.05) is 37.1 Å². The molecule has 1 aromatic rings. The van der Waals surface area contributed by atoms with Crippen molar-refractivity contribution in [3.05, 3.63) is 35.4 Å². The van der Waals surface area contributed by atoms with Crippen molar-refractivity contribution in [2.45, 2.75) is 51.4 Å². The van der Waals surface area contributed by atoms with Crippen LogP contribution in [0.4, 0.5) is 18.0 Å². The molecule has 3 rings (SSSR count). The van der Waals surface area contributed by atoms with Gasteiger partial charge in [0.25, 0.3) is 0 Å². The van der Waals surface area contributed by atoms with Crippen LogP contribution in [0.3, 0.4) is 0 Å². The molecule has 2 aliphatic rings. The number of nitrogens with one attached hydrogen (secondary N) is 1. The number of hydrogen-bond donors (Lipinski definition) is 1. The van der Waals surface area contributed by atoms with Crippen LogP contribution in [-0.2, 0) is 17.9 Å². The summed E-state index contributed by atoms with van der Waals surface area (Å²) >= 11 is 0. The molecule has 0 radical (unpaired) electrons. The van der Waals surface area contributed by atoms with Crippen molar-refractivity contribution >= 4 is 11.9 Å². The molecular formula is C22H31F3N4O2. The summed E-state index contributed by atoms with van der Waals surface area (Å²) in [6, 6.07) is 7.82. The predicted octanol–water partition coefficient (Wildman–Crippen LogP) is 3.37. The van der Waals surface area contributed by atoms with Crippen molar-refractivity contribution in [2.24, 2.45) is 0 Å². The van der Waals surface area contributed by atoms with Crippen molar-refractivity contribution in [3.8, 4) is 0 Å². The highest BCUT2D eigenvalue weighted by Gasteiger charge is 2.34. The average molecular weight is 441 g/mol. The summed E-state index contributed by atoms with van der Waals surface area (Å²) < 4.78 is 37.2. The topological polar surface area (TPSA) is 55.9 Å². The van der Waals surface area contributed by atoms with Gasteiger partial charge in [-0.2, -0.15) is 13.2 Å². The Morgan fingerprint density at radius 1 is 0.839 bits per heavy atom. The largest absolute Gasteiger partial charge is 0.397 e. The Balaban J connectivity index is 1.47. The lowest BCUT2D eigenvalue weighted by Crippen LogP contribution is -2.53. The summed E-state index contributed by atoms with van der Waals surface area (Å²) in [5.41, 5.74) is 2.27. The SMILES string of the molecule is O=C(CC(F)(F)F)N1CCN(C(=O)NCc2ccccc2CN2CCCCCC2)CC1. The highest BCUT2D eigenvalue weighted by molar-refractivity contribution is 5.78. The summed E-state index contributed by atoms with van der Waals surface area (Å²) in [6.45, 7) is 4.15. The molecule has 1 N–H and O–H groups in total. The number of carbonyl (C=O) groups excluding carboxylic acids is 2. The van der Waals surface area contributed by atoms with Crippen molar-refractivity contribution in [1.29, 1.82) is 0 Å². The fraction of sp³-hybridized carbons (Fsp3) is 0.636. The molecule has 3 amide bonds. The van der Waals surface area contributed by atoms with Gasteiger partial charge in [0.15, 0.2) is 0 Å². The van der Waals surface area contributed by atoms with Gasteiger partial charge in [0.05, 0.1) is 0 Å². The molecule has 2 saturated heterocycles. The van der Waals surface area contributed by atoms with E-state index < -0.39 is 18.5 Å². The van der Waals surface area contributed by atoms with E-state index in [-0.39, 0.29) is 32.2 Å². The molecule has 0 saturated carbocycles. The number of urea groups is 1. The number of hydrogen-bond acceptors (Lipinski definition) is 3. The number of piperazine rings is 1. The molecule has 2 aliphatic heterocycles. The molecule has 6 nitrogen and oxygen atoms in total. The van der Waals surface area contributed by atoms with Crippen LogP contribution in [0.5, 0.6) is 0 Å². The van der Waals surface area contributed by atoms with E-state index in [1.165, 1.54) is 36.1 Å². The van der Waals surface area contributed by atoms with E-state index in [0.29, 0.717) is 6.54 Å². The number of alkyl halides is 3. The lowest BCUT2D eigenvalue weighted by atomic mass is 10.1. The molecule has 1 aromatic carbocycles. The normalized spacial score (nSPS) is 18.5. The molecule has 0 bridgehead atoms. The van der Waals surface area contributed by atoms with Crippen molar-refractivity contribution in [2.75, 3.05) is 39.3 Å². The van der Waals surface area contributed by atoms with Crippen LogP contribution in [-0.4, -0.2) is 72.1 Å². The first-order valence-electron chi connectivity index (χ1n) is 11.0. The Hall–Kier alpha value is -2.29. The van der Waals surface area contributed by atoms with E-state index in [4.69, 9.17) is 0 Å². The molecule has 2 heterocycles. The zero-order valence-electron chi connectivity index (χ0n) is 17.8. The maximum absolute atomic E-state index is 12.5.